The molecule has 0 bridgehead atoms. The van der Waals surface area contributed by atoms with Gasteiger partial charge in [-0.25, -0.2) is 0 Å². The summed E-state index contributed by atoms with van der Waals surface area (Å²) in [5.41, 5.74) is 7.39. The highest BCUT2D eigenvalue weighted by Crippen LogP contribution is 2.29. The minimum absolute atomic E-state index is 0.0760. The van der Waals surface area contributed by atoms with Gasteiger partial charge in [-0.1, -0.05) is 41.4 Å². The normalized spacial score (nSPS) is 12.1. The van der Waals surface area contributed by atoms with Gasteiger partial charge in [0.2, 0.25) is 0 Å². The first-order valence-corrected chi connectivity index (χ1v) is 8.42. The molecule has 2 aromatic rings. The molecule has 7 heteroatoms. The number of nitrogens with two attached hydrogens (primary N) is 1. The Bertz CT molecular complexity index is 766. The van der Waals surface area contributed by atoms with E-state index in [0.717, 1.165) is 5.56 Å². The van der Waals surface area contributed by atoms with Crippen molar-refractivity contribution in [2.75, 3.05) is 33.5 Å². The van der Waals surface area contributed by atoms with Gasteiger partial charge in [0.05, 0.1) is 29.4 Å². The molecule has 0 saturated carbocycles. The van der Waals surface area contributed by atoms with Crippen molar-refractivity contribution < 1.29 is 9.53 Å². The minimum atomic E-state index is -0.294. The molecule has 2 aromatic carbocycles. The van der Waals surface area contributed by atoms with Crippen LogP contribution >= 0.6 is 23.2 Å². The molecule has 0 spiro atoms. The van der Waals surface area contributed by atoms with Crippen LogP contribution in [0.1, 0.15) is 22.0 Å². The predicted molar refractivity (Wildman–Crippen MR) is 103 cm³/mol. The molecule has 134 valence electrons. The third-order valence-electron chi connectivity index (χ3n) is 3.91. The monoisotopic (exact) mass is 381 g/mol. The van der Waals surface area contributed by atoms with E-state index in [0.29, 0.717) is 33.6 Å². The molecule has 1 amide bonds. The first-order valence-electron chi connectivity index (χ1n) is 7.67. The van der Waals surface area contributed by atoms with E-state index in [2.05, 4.69) is 5.32 Å². The van der Waals surface area contributed by atoms with E-state index in [4.69, 9.17) is 33.7 Å². The zero-order chi connectivity index (χ0) is 18.6. The Kier molecular flexibility index (Phi) is 6.53. The molecule has 0 aromatic heterocycles. The summed E-state index contributed by atoms with van der Waals surface area (Å²) in [6.45, 7) is 0.376. The Morgan fingerprint density at radius 1 is 1.24 bits per heavy atom. The topological polar surface area (TPSA) is 67.6 Å². The lowest BCUT2D eigenvalue weighted by Gasteiger charge is -2.26. The smallest absolute Gasteiger partial charge is 0.255 e. The standard InChI is InChI=1S/C18H21Cl2N3O2/c1-23(2)16(11-6-4-5-7-13(11)19)10-22-18(24)12-8-14(20)15(21)9-17(12)25-3/h4-9,16H,10,21H2,1-3H3,(H,22,24). The number of nitrogens with zero attached hydrogens (tertiary/aromatic N) is 1. The Morgan fingerprint density at radius 3 is 2.52 bits per heavy atom. The Hall–Kier alpha value is -1.95. The molecule has 1 unspecified atom stereocenters. The number of methoxy groups -OCH3 is 1. The van der Waals surface area contributed by atoms with Gasteiger partial charge < -0.3 is 20.7 Å². The zero-order valence-electron chi connectivity index (χ0n) is 14.3. The molecule has 0 aliphatic carbocycles. The lowest BCUT2D eigenvalue weighted by atomic mass is 10.1. The molecule has 0 aliphatic heterocycles. The van der Waals surface area contributed by atoms with Crippen LogP contribution in [0.15, 0.2) is 36.4 Å². The highest BCUT2D eigenvalue weighted by Gasteiger charge is 2.20. The van der Waals surface area contributed by atoms with Gasteiger partial charge in [-0.15, -0.1) is 0 Å². The minimum Gasteiger partial charge on any atom is -0.496 e. The number of benzene rings is 2. The Morgan fingerprint density at radius 2 is 1.92 bits per heavy atom. The van der Waals surface area contributed by atoms with E-state index in [1.54, 1.807) is 0 Å². The molecule has 0 fully saturated rings. The van der Waals surface area contributed by atoms with Crippen molar-refractivity contribution in [2.24, 2.45) is 0 Å². The number of carbonyl (C=O) groups excluding carboxylic acids is 1. The van der Waals surface area contributed by atoms with Crippen molar-refractivity contribution in [1.82, 2.24) is 10.2 Å². The molecule has 0 radical (unpaired) electrons. The van der Waals surface area contributed by atoms with E-state index < -0.39 is 0 Å². The molecular weight excluding hydrogens is 361 g/mol. The first-order chi connectivity index (χ1) is 11.8. The van der Waals surface area contributed by atoms with Crippen LogP contribution in [0.4, 0.5) is 5.69 Å². The average molecular weight is 382 g/mol. The summed E-state index contributed by atoms with van der Waals surface area (Å²) in [6.07, 6.45) is 0. The van der Waals surface area contributed by atoms with E-state index in [-0.39, 0.29) is 11.9 Å². The molecule has 1 atom stereocenters. The summed E-state index contributed by atoms with van der Waals surface area (Å²) in [5.74, 6) is 0.0798. The van der Waals surface area contributed by atoms with Crippen LogP contribution in [0.3, 0.4) is 0 Å². The molecule has 0 heterocycles. The van der Waals surface area contributed by atoms with Crippen molar-refractivity contribution in [1.29, 1.82) is 0 Å². The second-order valence-electron chi connectivity index (χ2n) is 5.78. The number of nitrogen functional groups attached to an aromatic ring is 1. The molecule has 2 rings (SSSR count). The fourth-order valence-corrected chi connectivity index (χ4v) is 2.94. The van der Waals surface area contributed by atoms with E-state index in [1.165, 1.54) is 19.2 Å². The van der Waals surface area contributed by atoms with Crippen LogP contribution in [0.2, 0.25) is 10.0 Å². The summed E-state index contributed by atoms with van der Waals surface area (Å²) < 4.78 is 5.23. The van der Waals surface area contributed by atoms with Gasteiger partial charge in [0, 0.05) is 17.6 Å². The van der Waals surface area contributed by atoms with Gasteiger partial charge in [0.1, 0.15) is 5.75 Å². The average Bonchev–Trinajstić information content (AvgIpc) is 2.58. The Labute approximate surface area is 157 Å². The number of anilines is 1. The van der Waals surface area contributed by atoms with Gasteiger partial charge in [-0.05, 0) is 31.8 Å². The lowest BCUT2D eigenvalue weighted by molar-refractivity contribution is 0.0939. The maximum Gasteiger partial charge on any atom is 0.255 e. The van der Waals surface area contributed by atoms with Gasteiger partial charge in [-0.2, -0.15) is 0 Å². The number of halogens is 2. The molecule has 0 aliphatic rings. The number of amides is 1. The summed E-state index contributed by atoms with van der Waals surface area (Å²) >= 11 is 12.3. The van der Waals surface area contributed by atoms with Gasteiger partial charge in [0.15, 0.2) is 0 Å². The van der Waals surface area contributed by atoms with Crippen LogP contribution in [-0.2, 0) is 0 Å². The van der Waals surface area contributed by atoms with Crippen LogP contribution in [0.5, 0.6) is 5.75 Å². The summed E-state index contributed by atoms with van der Waals surface area (Å²) in [5, 5.41) is 3.87. The van der Waals surface area contributed by atoms with Gasteiger partial charge in [-0.3, -0.25) is 4.79 Å². The third-order valence-corrected chi connectivity index (χ3v) is 4.58. The second kappa shape index (κ2) is 8.43. The number of likely N-dealkylation sites (N-methyl/N-ethyl adjacent to an activating group) is 1. The van der Waals surface area contributed by atoms with Gasteiger partial charge >= 0.3 is 0 Å². The SMILES string of the molecule is COc1cc(N)c(Cl)cc1C(=O)NCC(c1ccccc1Cl)N(C)C. The van der Waals surface area contributed by atoms with Crippen LogP contribution in [-0.4, -0.2) is 38.6 Å². The third kappa shape index (κ3) is 4.57. The lowest BCUT2D eigenvalue weighted by Crippen LogP contribution is -2.34. The highest BCUT2D eigenvalue weighted by molar-refractivity contribution is 6.33. The second-order valence-corrected chi connectivity index (χ2v) is 6.60. The first kappa shape index (κ1) is 19.4. The number of nitrogens with one attached hydrogen (secondary N) is 1. The van der Waals surface area contributed by atoms with E-state index in [1.807, 2.05) is 43.3 Å². The molecule has 0 saturated heterocycles. The molecular formula is C18H21Cl2N3O2. The number of hydrogen-bond donors (Lipinski definition) is 2. The molecule has 3 N–H and O–H groups in total. The van der Waals surface area contributed by atoms with Crippen LogP contribution in [0.25, 0.3) is 0 Å². The fraction of sp³-hybridized carbons (Fsp3) is 0.278. The van der Waals surface area contributed by atoms with Crippen molar-refractivity contribution >= 4 is 34.8 Å². The fourth-order valence-electron chi connectivity index (χ4n) is 2.52. The number of hydrogen-bond acceptors (Lipinski definition) is 4. The summed E-state index contributed by atoms with van der Waals surface area (Å²) in [4.78, 5) is 14.6. The zero-order valence-corrected chi connectivity index (χ0v) is 15.9. The highest BCUT2D eigenvalue weighted by atomic mass is 35.5. The predicted octanol–water partition coefficient (Wildman–Crippen LogP) is 3.62. The largest absolute Gasteiger partial charge is 0.496 e. The van der Waals surface area contributed by atoms with Crippen molar-refractivity contribution in [3.63, 3.8) is 0 Å². The maximum absolute atomic E-state index is 12.6. The number of rotatable bonds is 6. The quantitative estimate of drug-likeness (QED) is 0.749. The maximum atomic E-state index is 12.6. The van der Waals surface area contributed by atoms with Crippen molar-refractivity contribution in [3.05, 3.63) is 57.6 Å². The van der Waals surface area contributed by atoms with Crippen LogP contribution < -0.4 is 15.8 Å². The van der Waals surface area contributed by atoms with Crippen LogP contribution in [0, 0.1) is 0 Å². The number of ether oxygens (including phenoxy) is 1. The van der Waals surface area contributed by atoms with Crippen molar-refractivity contribution in [3.8, 4) is 5.75 Å². The number of carbonyl (C=O) groups is 1. The van der Waals surface area contributed by atoms with E-state index in [9.17, 15) is 4.79 Å². The molecule has 5 nitrogen and oxygen atoms in total. The molecule has 25 heavy (non-hydrogen) atoms. The summed E-state index contributed by atoms with van der Waals surface area (Å²) in [6, 6.07) is 10.5. The Balaban J connectivity index is 2.20. The van der Waals surface area contributed by atoms with Gasteiger partial charge in [0.25, 0.3) is 5.91 Å². The van der Waals surface area contributed by atoms with E-state index >= 15 is 0 Å². The van der Waals surface area contributed by atoms with Crippen molar-refractivity contribution in [2.45, 2.75) is 6.04 Å². The summed E-state index contributed by atoms with van der Waals surface area (Å²) in [7, 11) is 5.34.